The summed E-state index contributed by atoms with van der Waals surface area (Å²) in [6, 6.07) is 7.24. The van der Waals surface area contributed by atoms with E-state index in [1.807, 2.05) is 18.2 Å². The smallest absolute Gasteiger partial charge is 0.254 e. The standard InChI is InChI=1S/C18H15ClN2O2/c19-13-4-2-1-3-10(13)9-20-21-16(22)14-11-5-6-12(15(14)17(21)23)18(11)7-8-18/h1-6,9,11-12,14-15H,7-8H2. The van der Waals surface area contributed by atoms with Gasteiger partial charge in [0.2, 0.25) is 0 Å². The largest absolute Gasteiger partial charge is 0.272 e. The number of hydrazone groups is 1. The monoisotopic (exact) mass is 326 g/mol. The van der Waals surface area contributed by atoms with Gasteiger partial charge in [-0.1, -0.05) is 42.0 Å². The molecule has 2 saturated carbocycles. The molecule has 116 valence electrons. The molecule has 1 spiro atoms. The van der Waals surface area contributed by atoms with Crippen LogP contribution in [0, 0.1) is 29.1 Å². The zero-order chi connectivity index (χ0) is 15.8. The minimum Gasteiger partial charge on any atom is -0.272 e. The maximum absolute atomic E-state index is 12.7. The topological polar surface area (TPSA) is 49.7 Å². The summed E-state index contributed by atoms with van der Waals surface area (Å²) in [4.78, 5) is 25.5. The van der Waals surface area contributed by atoms with Gasteiger partial charge in [-0.2, -0.15) is 10.1 Å². The van der Waals surface area contributed by atoms with Crippen LogP contribution in [0.25, 0.3) is 0 Å². The number of halogens is 1. The molecule has 5 rings (SSSR count). The number of carbonyl (C=O) groups is 2. The number of rotatable bonds is 2. The summed E-state index contributed by atoms with van der Waals surface area (Å²) in [5.41, 5.74) is 0.922. The summed E-state index contributed by atoms with van der Waals surface area (Å²) in [6.07, 6.45) is 8.11. The van der Waals surface area contributed by atoms with Gasteiger partial charge in [-0.3, -0.25) is 9.59 Å². The van der Waals surface area contributed by atoms with Crippen LogP contribution in [-0.4, -0.2) is 23.0 Å². The van der Waals surface area contributed by atoms with E-state index in [2.05, 4.69) is 17.3 Å². The van der Waals surface area contributed by atoms with E-state index in [-0.39, 0.29) is 40.9 Å². The first-order valence-electron chi connectivity index (χ1n) is 7.98. The minimum absolute atomic E-state index is 0.147. The molecule has 3 fully saturated rings. The lowest BCUT2D eigenvalue weighted by Crippen LogP contribution is -2.30. The zero-order valence-electron chi connectivity index (χ0n) is 12.4. The van der Waals surface area contributed by atoms with Crippen molar-refractivity contribution < 1.29 is 9.59 Å². The first-order valence-corrected chi connectivity index (χ1v) is 8.36. The van der Waals surface area contributed by atoms with Crippen LogP contribution in [0.4, 0.5) is 0 Å². The first kappa shape index (κ1) is 13.5. The number of fused-ring (bicyclic) bond motifs is 3. The Hall–Kier alpha value is -1.94. The van der Waals surface area contributed by atoms with Gasteiger partial charge in [0, 0.05) is 10.6 Å². The van der Waals surface area contributed by atoms with Crippen molar-refractivity contribution in [1.82, 2.24) is 5.01 Å². The van der Waals surface area contributed by atoms with E-state index in [1.54, 1.807) is 6.07 Å². The second-order valence-corrected chi connectivity index (χ2v) is 7.38. The quantitative estimate of drug-likeness (QED) is 0.476. The molecule has 0 radical (unpaired) electrons. The second kappa shape index (κ2) is 4.32. The Morgan fingerprint density at radius 2 is 1.70 bits per heavy atom. The van der Waals surface area contributed by atoms with E-state index < -0.39 is 0 Å². The molecule has 4 nitrogen and oxygen atoms in total. The van der Waals surface area contributed by atoms with Gasteiger partial charge in [0.1, 0.15) is 0 Å². The zero-order valence-corrected chi connectivity index (χ0v) is 13.1. The third kappa shape index (κ3) is 1.59. The van der Waals surface area contributed by atoms with Gasteiger partial charge in [0.15, 0.2) is 0 Å². The SMILES string of the molecule is O=C1C2C(C(=O)N1N=Cc1ccccc1Cl)C1C=CC2C12CC2. The average molecular weight is 327 g/mol. The fourth-order valence-corrected chi connectivity index (χ4v) is 5.06. The molecule has 1 aromatic rings. The average Bonchev–Trinajstić information content (AvgIpc) is 3.15. The molecular formula is C18H15ClN2O2. The number of imide groups is 1. The molecule has 2 amide bonds. The lowest BCUT2D eigenvalue weighted by molar-refractivity contribution is -0.141. The number of hydrogen-bond acceptors (Lipinski definition) is 3. The molecule has 0 N–H and O–H groups in total. The lowest BCUT2D eigenvalue weighted by Gasteiger charge is -2.18. The first-order chi connectivity index (χ1) is 11.1. The van der Waals surface area contributed by atoms with E-state index in [1.165, 1.54) is 6.21 Å². The van der Waals surface area contributed by atoms with Gasteiger partial charge >= 0.3 is 0 Å². The molecule has 1 saturated heterocycles. The van der Waals surface area contributed by atoms with Crippen molar-refractivity contribution in [1.29, 1.82) is 0 Å². The molecule has 4 unspecified atom stereocenters. The molecule has 1 heterocycles. The van der Waals surface area contributed by atoms with Gasteiger partial charge in [-0.15, -0.1) is 0 Å². The van der Waals surface area contributed by atoms with E-state index in [9.17, 15) is 9.59 Å². The maximum Gasteiger partial charge on any atom is 0.254 e. The highest BCUT2D eigenvalue weighted by Crippen LogP contribution is 2.73. The van der Waals surface area contributed by atoms with Crippen molar-refractivity contribution >= 4 is 29.6 Å². The highest BCUT2D eigenvalue weighted by atomic mass is 35.5. The van der Waals surface area contributed by atoms with Crippen molar-refractivity contribution in [3.8, 4) is 0 Å². The van der Waals surface area contributed by atoms with Gasteiger partial charge in [0.05, 0.1) is 18.1 Å². The highest BCUT2D eigenvalue weighted by molar-refractivity contribution is 6.33. The summed E-state index contributed by atoms with van der Waals surface area (Å²) in [7, 11) is 0. The highest BCUT2D eigenvalue weighted by Gasteiger charge is 2.73. The van der Waals surface area contributed by atoms with Gasteiger partial charge < -0.3 is 0 Å². The van der Waals surface area contributed by atoms with Crippen molar-refractivity contribution in [2.75, 3.05) is 0 Å². The normalized spacial score (nSPS) is 35.8. The fourth-order valence-electron chi connectivity index (χ4n) is 4.88. The van der Waals surface area contributed by atoms with Crippen molar-refractivity contribution in [2.24, 2.45) is 34.2 Å². The second-order valence-electron chi connectivity index (χ2n) is 6.98. The van der Waals surface area contributed by atoms with Crippen LogP contribution in [0.1, 0.15) is 18.4 Å². The van der Waals surface area contributed by atoms with E-state index in [0.717, 1.165) is 17.9 Å². The molecule has 2 bridgehead atoms. The summed E-state index contributed by atoms with van der Waals surface area (Å²) in [5.74, 6) is -0.242. The summed E-state index contributed by atoms with van der Waals surface area (Å²) >= 11 is 6.09. The van der Waals surface area contributed by atoms with Crippen molar-refractivity contribution in [3.63, 3.8) is 0 Å². The van der Waals surface area contributed by atoms with Crippen LogP contribution in [0.2, 0.25) is 5.02 Å². The Balaban J connectivity index is 1.46. The van der Waals surface area contributed by atoms with Crippen LogP contribution in [0.5, 0.6) is 0 Å². The molecule has 23 heavy (non-hydrogen) atoms. The molecule has 3 aliphatic carbocycles. The van der Waals surface area contributed by atoms with Crippen LogP contribution in [-0.2, 0) is 9.59 Å². The summed E-state index contributed by atoms with van der Waals surface area (Å²) in [5, 5.41) is 5.78. The Morgan fingerprint density at radius 1 is 1.09 bits per heavy atom. The third-order valence-corrected chi connectivity index (χ3v) is 6.39. The number of benzene rings is 1. The Kier molecular flexibility index (Phi) is 2.54. The summed E-state index contributed by atoms with van der Waals surface area (Å²) < 4.78 is 0. The fraction of sp³-hybridized carbons (Fsp3) is 0.389. The number of carbonyl (C=O) groups excluding carboxylic acids is 2. The Morgan fingerprint density at radius 3 is 2.26 bits per heavy atom. The van der Waals surface area contributed by atoms with E-state index in [4.69, 9.17) is 11.6 Å². The molecule has 4 aliphatic rings. The predicted molar refractivity (Wildman–Crippen MR) is 85.7 cm³/mol. The summed E-state index contributed by atoms with van der Waals surface area (Å²) in [6.45, 7) is 0. The van der Waals surface area contributed by atoms with Gasteiger partial charge in [0.25, 0.3) is 11.8 Å². The molecule has 5 heteroatoms. The van der Waals surface area contributed by atoms with Gasteiger partial charge in [-0.05, 0) is 36.2 Å². The van der Waals surface area contributed by atoms with Crippen LogP contribution in [0.3, 0.4) is 0 Å². The number of allylic oxidation sites excluding steroid dienone is 2. The molecule has 1 aromatic carbocycles. The van der Waals surface area contributed by atoms with Crippen molar-refractivity contribution in [2.45, 2.75) is 12.8 Å². The van der Waals surface area contributed by atoms with Crippen molar-refractivity contribution in [3.05, 3.63) is 47.0 Å². The van der Waals surface area contributed by atoms with Gasteiger partial charge in [-0.25, -0.2) is 0 Å². The number of nitrogens with zero attached hydrogens (tertiary/aromatic N) is 2. The molecular weight excluding hydrogens is 312 g/mol. The minimum atomic E-state index is -0.205. The maximum atomic E-state index is 12.7. The molecule has 0 aromatic heterocycles. The number of amides is 2. The lowest BCUT2D eigenvalue weighted by atomic mass is 9.85. The predicted octanol–water partition coefficient (Wildman–Crippen LogP) is 2.87. The van der Waals surface area contributed by atoms with E-state index >= 15 is 0 Å². The number of hydrogen-bond donors (Lipinski definition) is 0. The van der Waals surface area contributed by atoms with E-state index in [0.29, 0.717) is 10.6 Å². The molecule has 4 atom stereocenters. The van der Waals surface area contributed by atoms with Crippen LogP contribution < -0.4 is 0 Å². The third-order valence-electron chi connectivity index (χ3n) is 6.05. The van der Waals surface area contributed by atoms with Crippen LogP contribution >= 0.6 is 11.6 Å². The Bertz CT molecular complexity index is 762. The van der Waals surface area contributed by atoms with Crippen LogP contribution in [0.15, 0.2) is 41.5 Å². The molecule has 1 aliphatic heterocycles. The Labute approximate surface area is 138 Å².